The Kier molecular flexibility index (Phi) is 3.61. The Bertz CT molecular complexity index is 375. The summed E-state index contributed by atoms with van der Waals surface area (Å²) in [5.41, 5.74) is 0.911. The van der Waals surface area contributed by atoms with Gasteiger partial charge in [-0.1, -0.05) is 30.3 Å². The number of amides is 2. The van der Waals surface area contributed by atoms with Crippen LogP contribution in [0.5, 0.6) is 0 Å². The largest absolute Gasteiger partial charge is 0.342 e. The van der Waals surface area contributed by atoms with Crippen LogP contribution >= 0.6 is 0 Å². The molecule has 2 N–H and O–H groups in total. The van der Waals surface area contributed by atoms with E-state index in [0.29, 0.717) is 13.2 Å². The summed E-state index contributed by atoms with van der Waals surface area (Å²) >= 11 is 0. The maximum atomic E-state index is 11.2. The van der Waals surface area contributed by atoms with Gasteiger partial charge in [-0.2, -0.15) is 0 Å². The molecular weight excluding hydrogens is 220 g/mol. The average molecular weight is 236 g/mol. The van der Waals surface area contributed by atoms with E-state index >= 15 is 0 Å². The van der Waals surface area contributed by atoms with Crippen molar-refractivity contribution in [1.29, 1.82) is 0 Å². The van der Waals surface area contributed by atoms with Crippen molar-refractivity contribution in [2.24, 2.45) is 0 Å². The zero-order chi connectivity index (χ0) is 12.1. The number of benzene rings is 1. The minimum atomic E-state index is -0.853. The molecule has 17 heavy (non-hydrogen) atoms. The maximum Gasteiger partial charge on any atom is 0.314 e. The molecule has 5 heteroatoms. The highest BCUT2D eigenvalue weighted by molar-refractivity contribution is 5.73. The highest BCUT2D eigenvalue weighted by Gasteiger charge is 2.38. The van der Waals surface area contributed by atoms with Gasteiger partial charge in [-0.3, -0.25) is 0 Å². The van der Waals surface area contributed by atoms with Crippen LogP contribution in [-0.2, 0) is 15.3 Å². The summed E-state index contributed by atoms with van der Waals surface area (Å²) < 4.78 is 11.3. The Morgan fingerprint density at radius 3 is 2.53 bits per heavy atom. The lowest BCUT2D eigenvalue weighted by Crippen LogP contribution is -2.44. The number of urea groups is 1. The molecule has 2 amide bonds. The third-order valence-electron chi connectivity index (χ3n) is 2.68. The van der Waals surface area contributed by atoms with Gasteiger partial charge in [-0.15, -0.1) is 0 Å². The second kappa shape index (κ2) is 5.16. The van der Waals surface area contributed by atoms with Crippen LogP contribution in [0.3, 0.4) is 0 Å². The fraction of sp³-hybridized carbons (Fsp3) is 0.417. The van der Waals surface area contributed by atoms with Gasteiger partial charge in [0.05, 0.1) is 19.8 Å². The lowest BCUT2D eigenvalue weighted by Gasteiger charge is -2.27. The number of carbonyl (C=O) groups is 1. The van der Waals surface area contributed by atoms with Crippen LogP contribution in [-0.4, -0.2) is 32.8 Å². The fourth-order valence-electron chi connectivity index (χ4n) is 1.80. The molecule has 2 rings (SSSR count). The maximum absolute atomic E-state index is 11.2. The molecule has 1 fully saturated rings. The van der Waals surface area contributed by atoms with E-state index in [4.69, 9.17) is 9.47 Å². The molecule has 1 saturated heterocycles. The summed E-state index contributed by atoms with van der Waals surface area (Å²) in [6.07, 6.45) is 0. The summed E-state index contributed by atoms with van der Waals surface area (Å²) in [6.45, 7) is 1.35. The minimum absolute atomic E-state index is 0.251. The molecule has 0 bridgehead atoms. The van der Waals surface area contributed by atoms with Crippen molar-refractivity contribution in [2.75, 3.05) is 26.8 Å². The van der Waals surface area contributed by atoms with Crippen molar-refractivity contribution in [1.82, 2.24) is 10.6 Å². The van der Waals surface area contributed by atoms with Crippen LogP contribution in [0, 0.1) is 0 Å². The van der Waals surface area contributed by atoms with Crippen molar-refractivity contribution in [2.45, 2.75) is 5.79 Å². The molecule has 0 saturated carbocycles. The van der Waals surface area contributed by atoms with Crippen molar-refractivity contribution in [3.63, 3.8) is 0 Å². The molecule has 1 aliphatic heterocycles. The summed E-state index contributed by atoms with van der Waals surface area (Å²) in [5, 5.41) is 5.21. The van der Waals surface area contributed by atoms with E-state index < -0.39 is 5.79 Å². The molecule has 0 spiro atoms. The topological polar surface area (TPSA) is 59.6 Å². The highest BCUT2D eigenvalue weighted by atomic mass is 16.7. The highest BCUT2D eigenvalue weighted by Crippen LogP contribution is 2.30. The van der Waals surface area contributed by atoms with E-state index in [1.165, 1.54) is 0 Å². The van der Waals surface area contributed by atoms with Crippen LogP contribution < -0.4 is 10.6 Å². The minimum Gasteiger partial charge on any atom is -0.342 e. The predicted molar refractivity (Wildman–Crippen MR) is 62.5 cm³/mol. The Morgan fingerprint density at radius 1 is 1.29 bits per heavy atom. The van der Waals surface area contributed by atoms with E-state index in [1.807, 2.05) is 30.3 Å². The zero-order valence-electron chi connectivity index (χ0n) is 9.73. The Morgan fingerprint density at radius 2 is 1.94 bits per heavy atom. The standard InChI is InChI=1S/C12H16N2O3/c1-13-11(15)14-9-12(16-7-8-17-12)10-5-3-2-4-6-10/h2-6H,7-9H2,1H3,(H2,13,14,15). The molecule has 0 atom stereocenters. The molecule has 0 radical (unpaired) electrons. The molecule has 1 aromatic rings. The lowest BCUT2D eigenvalue weighted by molar-refractivity contribution is -0.160. The molecule has 1 aliphatic rings. The Labute approximate surface area is 100 Å². The van der Waals surface area contributed by atoms with Crippen molar-refractivity contribution >= 4 is 6.03 Å². The summed E-state index contributed by atoms with van der Waals surface area (Å²) in [7, 11) is 1.57. The van der Waals surface area contributed by atoms with E-state index in [0.717, 1.165) is 5.56 Å². The van der Waals surface area contributed by atoms with Gasteiger partial charge in [0.25, 0.3) is 0 Å². The van der Waals surface area contributed by atoms with Crippen LogP contribution in [0.25, 0.3) is 0 Å². The first kappa shape index (κ1) is 11.9. The third-order valence-corrected chi connectivity index (χ3v) is 2.68. The monoisotopic (exact) mass is 236 g/mol. The van der Waals surface area contributed by atoms with Crippen molar-refractivity contribution in [3.8, 4) is 0 Å². The SMILES string of the molecule is CNC(=O)NCC1(c2ccccc2)OCCO1. The molecule has 1 aromatic carbocycles. The summed E-state index contributed by atoms with van der Waals surface area (Å²) in [6, 6.07) is 9.37. The number of carbonyl (C=O) groups excluding carboxylic acids is 1. The quantitative estimate of drug-likeness (QED) is 0.816. The van der Waals surface area contributed by atoms with Crippen LogP contribution in [0.1, 0.15) is 5.56 Å². The zero-order valence-corrected chi connectivity index (χ0v) is 9.73. The number of hydrogen-bond acceptors (Lipinski definition) is 3. The molecule has 5 nitrogen and oxygen atoms in total. The lowest BCUT2D eigenvalue weighted by atomic mass is 10.1. The number of rotatable bonds is 3. The van der Waals surface area contributed by atoms with Gasteiger partial charge in [0, 0.05) is 12.6 Å². The second-order valence-electron chi connectivity index (χ2n) is 3.75. The van der Waals surface area contributed by atoms with Crippen molar-refractivity contribution < 1.29 is 14.3 Å². The van der Waals surface area contributed by atoms with E-state index in [1.54, 1.807) is 7.05 Å². The van der Waals surface area contributed by atoms with Gasteiger partial charge in [0.15, 0.2) is 0 Å². The average Bonchev–Trinajstić information content (AvgIpc) is 2.87. The molecular formula is C12H16N2O3. The molecule has 0 aromatic heterocycles. The van der Waals surface area contributed by atoms with Crippen LogP contribution in [0.4, 0.5) is 4.79 Å². The van der Waals surface area contributed by atoms with E-state index in [-0.39, 0.29) is 12.6 Å². The van der Waals surface area contributed by atoms with Gasteiger partial charge in [-0.05, 0) is 0 Å². The molecule has 92 valence electrons. The van der Waals surface area contributed by atoms with Gasteiger partial charge < -0.3 is 20.1 Å². The van der Waals surface area contributed by atoms with Gasteiger partial charge >= 0.3 is 6.03 Å². The Hall–Kier alpha value is -1.59. The first-order valence-electron chi connectivity index (χ1n) is 5.56. The van der Waals surface area contributed by atoms with Crippen LogP contribution in [0.15, 0.2) is 30.3 Å². The molecule has 1 heterocycles. The van der Waals surface area contributed by atoms with Gasteiger partial charge in [-0.25, -0.2) is 4.79 Å². The molecule has 0 aliphatic carbocycles. The van der Waals surface area contributed by atoms with E-state index in [2.05, 4.69) is 10.6 Å². The first-order chi connectivity index (χ1) is 8.27. The summed E-state index contributed by atoms with van der Waals surface area (Å²) in [4.78, 5) is 11.2. The number of ether oxygens (including phenoxy) is 2. The van der Waals surface area contributed by atoms with Crippen molar-refractivity contribution in [3.05, 3.63) is 35.9 Å². The van der Waals surface area contributed by atoms with Crippen LogP contribution in [0.2, 0.25) is 0 Å². The summed E-state index contributed by atoms with van der Waals surface area (Å²) in [5.74, 6) is -0.853. The first-order valence-corrected chi connectivity index (χ1v) is 5.56. The smallest absolute Gasteiger partial charge is 0.314 e. The number of nitrogens with one attached hydrogen (secondary N) is 2. The molecule has 0 unspecified atom stereocenters. The Balaban J connectivity index is 2.13. The van der Waals surface area contributed by atoms with Gasteiger partial charge in [0.1, 0.15) is 0 Å². The predicted octanol–water partition coefficient (Wildman–Crippen LogP) is 0.815. The fourth-order valence-corrected chi connectivity index (χ4v) is 1.80. The van der Waals surface area contributed by atoms with E-state index in [9.17, 15) is 4.79 Å². The second-order valence-corrected chi connectivity index (χ2v) is 3.75. The normalized spacial score (nSPS) is 17.7. The third kappa shape index (κ3) is 2.57. The number of hydrogen-bond donors (Lipinski definition) is 2. The van der Waals surface area contributed by atoms with Gasteiger partial charge in [0.2, 0.25) is 5.79 Å².